The smallest absolute Gasteiger partial charge is 0.236 e. The van der Waals surface area contributed by atoms with Gasteiger partial charge >= 0.3 is 0 Å². The quantitative estimate of drug-likeness (QED) is 0.667. The van der Waals surface area contributed by atoms with Gasteiger partial charge in [-0.1, -0.05) is 13.8 Å². The van der Waals surface area contributed by atoms with E-state index in [4.69, 9.17) is 0 Å². The van der Waals surface area contributed by atoms with Crippen LogP contribution in [-0.2, 0) is 0 Å². The van der Waals surface area contributed by atoms with Crippen molar-refractivity contribution in [3.63, 3.8) is 0 Å². The third-order valence-corrected chi connectivity index (χ3v) is 1.86. The molecule has 1 aromatic rings. The largest absolute Gasteiger partial charge is 0.267 e. The van der Waals surface area contributed by atoms with Crippen LogP contribution in [0.2, 0.25) is 0 Å². The van der Waals surface area contributed by atoms with Gasteiger partial charge in [0, 0.05) is 17.8 Å². The molecule has 1 rings (SSSR count). The van der Waals surface area contributed by atoms with E-state index in [1.807, 2.05) is 27.7 Å². The Morgan fingerprint density at radius 2 is 1.92 bits per heavy atom. The summed E-state index contributed by atoms with van der Waals surface area (Å²) in [5.74, 6) is -0.129. The molecule has 0 amide bonds. The molecule has 0 aromatic carbocycles. The molecule has 12 heavy (non-hydrogen) atoms. The number of hydrogen-bond acceptors (Lipinski definition) is 1. The predicted octanol–water partition coefficient (Wildman–Crippen LogP) is 2.73. The van der Waals surface area contributed by atoms with Gasteiger partial charge in [0.15, 0.2) is 0 Å². The molecule has 0 aliphatic carbocycles. The summed E-state index contributed by atoms with van der Waals surface area (Å²) < 4.78 is 14.7. The van der Waals surface area contributed by atoms with E-state index in [1.165, 1.54) is 0 Å². The Kier molecular flexibility index (Phi) is 2.50. The lowest BCUT2D eigenvalue weighted by atomic mass is 10.1. The molecule has 0 radical (unpaired) electrons. The summed E-state index contributed by atoms with van der Waals surface area (Å²) in [6.07, 6.45) is 1.78. The summed E-state index contributed by atoms with van der Waals surface area (Å²) >= 11 is 0. The van der Waals surface area contributed by atoms with Crippen LogP contribution in [0.5, 0.6) is 0 Å². The lowest BCUT2D eigenvalue weighted by molar-refractivity contribution is 0.479. The number of halogens is 1. The molecular formula is C9H15FN2. The topological polar surface area (TPSA) is 17.8 Å². The zero-order chi connectivity index (χ0) is 9.30. The van der Waals surface area contributed by atoms with E-state index in [9.17, 15) is 4.39 Å². The van der Waals surface area contributed by atoms with E-state index >= 15 is 0 Å². The van der Waals surface area contributed by atoms with Crippen LogP contribution in [0.1, 0.15) is 45.2 Å². The molecule has 2 nitrogen and oxygen atoms in total. The van der Waals surface area contributed by atoms with Gasteiger partial charge in [-0.15, -0.1) is 5.10 Å². The fourth-order valence-electron chi connectivity index (χ4n) is 1.04. The molecule has 0 unspecified atom stereocenters. The Bertz CT molecular complexity index is 263. The summed E-state index contributed by atoms with van der Waals surface area (Å²) in [5.41, 5.74) is 0.698. The summed E-state index contributed by atoms with van der Waals surface area (Å²) in [4.78, 5) is 0. The molecule has 0 N–H and O–H groups in total. The van der Waals surface area contributed by atoms with Crippen molar-refractivity contribution in [3.05, 3.63) is 17.7 Å². The third-order valence-electron chi connectivity index (χ3n) is 1.86. The molecule has 68 valence electrons. The first-order valence-electron chi connectivity index (χ1n) is 4.27. The van der Waals surface area contributed by atoms with Gasteiger partial charge in [-0.3, -0.25) is 4.68 Å². The van der Waals surface area contributed by atoms with Crippen LogP contribution in [0.3, 0.4) is 0 Å². The van der Waals surface area contributed by atoms with Crippen molar-refractivity contribution in [2.24, 2.45) is 0 Å². The molecule has 0 saturated carbocycles. The van der Waals surface area contributed by atoms with Gasteiger partial charge in [-0.2, -0.15) is 4.39 Å². The Balaban J connectivity index is 3.00. The molecule has 0 aliphatic heterocycles. The van der Waals surface area contributed by atoms with Gasteiger partial charge in [-0.05, 0) is 19.8 Å². The minimum absolute atomic E-state index is 0.206. The standard InChI is InChI=1S/C9H15FN2/c1-6(2)8-5-12(7(3)4)11-9(8)10/h5-7H,1-4H3. The van der Waals surface area contributed by atoms with Gasteiger partial charge in [0.25, 0.3) is 0 Å². The molecule has 0 aliphatic rings. The predicted molar refractivity (Wildman–Crippen MR) is 46.7 cm³/mol. The Morgan fingerprint density at radius 3 is 2.17 bits per heavy atom. The maximum Gasteiger partial charge on any atom is 0.236 e. The van der Waals surface area contributed by atoms with Gasteiger partial charge in [-0.25, -0.2) is 0 Å². The second-order valence-corrected chi connectivity index (χ2v) is 3.60. The van der Waals surface area contributed by atoms with Gasteiger partial charge in [0.05, 0.1) is 0 Å². The van der Waals surface area contributed by atoms with Crippen LogP contribution >= 0.6 is 0 Å². The average Bonchev–Trinajstić information content (AvgIpc) is 2.30. The second-order valence-electron chi connectivity index (χ2n) is 3.60. The van der Waals surface area contributed by atoms with Crippen LogP contribution in [0, 0.1) is 5.95 Å². The normalized spacial score (nSPS) is 11.6. The van der Waals surface area contributed by atoms with Crippen LogP contribution in [-0.4, -0.2) is 9.78 Å². The van der Waals surface area contributed by atoms with Crippen molar-refractivity contribution in [1.29, 1.82) is 0 Å². The maximum absolute atomic E-state index is 13.1. The maximum atomic E-state index is 13.1. The van der Waals surface area contributed by atoms with Gasteiger partial charge < -0.3 is 0 Å². The lowest BCUT2D eigenvalue weighted by Crippen LogP contribution is -2.00. The number of nitrogens with zero attached hydrogens (tertiary/aromatic N) is 2. The molecule has 3 heteroatoms. The van der Waals surface area contributed by atoms with E-state index in [2.05, 4.69) is 5.10 Å². The van der Waals surface area contributed by atoms with Crippen molar-refractivity contribution < 1.29 is 4.39 Å². The second kappa shape index (κ2) is 3.25. The van der Waals surface area contributed by atoms with Crippen LogP contribution in [0.4, 0.5) is 4.39 Å². The highest BCUT2D eigenvalue weighted by molar-refractivity contribution is 5.11. The zero-order valence-electron chi connectivity index (χ0n) is 8.00. The lowest BCUT2D eigenvalue weighted by Gasteiger charge is -2.03. The highest BCUT2D eigenvalue weighted by atomic mass is 19.1. The van der Waals surface area contributed by atoms with Crippen LogP contribution in [0.25, 0.3) is 0 Å². The summed E-state index contributed by atoms with van der Waals surface area (Å²) in [7, 11) is 0. The molecule has 1 aromatic heterocycles. The highest BCUT2D eigenvalue weighted by Crippen LogP contribution is 2.18. The van der Waals surface area contributed by atoms with E-state index in [-0.39, 0.29) is 17.9 Å². The van der Waals surface area contributed by atoms with Gasteiger partial charge in [0.1, 0.15) is 0 Å². The van der Waals surface area contributed by atoms with Crippen LogP contribution < -0.4 is 0 Å². The third kappa shape index (κ3) is 1.65. The first-order chi connectivity index (χ1) is 5.52. The van der Waals surface area contributed by atoms with Crippen molar-refractivity contribution in [1.82, 2.24) is 9.78 Å². The SMILES string of the molecule is CC(C)c1cn(C(C)C)nc1F. The molecule has 0 spiro atoms. The summed E-state index contributed by atoms with van der Waals surface area (Å²) in [6.45, 7) is 7.89. The Labute approximate surface area is 72.4 Å². The summed E-state index contributed by atoms with van der Waals surface area (Å²) in [5, 5.41) is 3.78. The van der Waals surface area contributed by atoms with Crippen molar-refractivity contribution in [3.8, 4) is 0 Å². The monoisotopic (exact) mass is 170 g/mol. The first kappa shape index (κ1) is 9.23. The molecule has 0 fully saturated rings. The van der Waals surface area contributed by atoms with E-state index in [1.54, 1.807) is 10.9 Å². The van der Waals surface area contributed by atoms with Gasteiger partial charge in [0.2, 0.25) is 5.95 Å². The molecule has 0 atom stereocenters. The molecular weight excluding hydrogens is 155 g/mol. The first-order valence-corrected chi connectivity index (χ1v) is 4.27. The summed E-state index contributed by atoms with van der Waals surface area (Å²) in [6, 6.07) is 0.229. The fraction of sp³-hybridized carbons (Fsp3) is 0.667. The van der Waals surface area contributed by atoms with Crippen molar-refractivity contribution in [2.45, 2.75) is 39.7 Å². The molecule has 0 bridgehead atoms. The minimum Gasteiger partial charge on any atom is -0.267 e. The van der Waals surface area contributed by atoms with Crippen molar-refractivity contribution in [2.75, 3.05) is 0 Å². The Hall–Kier alpha value is -0.860. The van der Waals surface area contributed by atoms with Crippen molar-refractivity contribution >= 4 is 0 Å². The number of rotatable bonds is 2. The number of aromatic nitrogens is 2. The Morgan fingerprint density at radius 1 is 1.33 bits per heavy atom. The van der Waals surface area contributed by atoms with E-state index in [0.29, 0.717) is 5.56 Å². The molecule has 0 saturated heterocycles. The molecule has 1 heterocycles. The van der Waals surface area contributed by atoms with E-state index < -0.39 is 0 Å². The average molecular weight is 170 g/mol. The zero-order valence-corrected chi connectivity index (χ0v) is 8.00. The highest BCUT2D eigenvalue weighted by Gasteiger charge is 2.12. The number of hydrogen-bond donors (Lipinski definition) is 0. The van der Waals surface area contributed by atoms with E-state index in [0.717, 1.165) is 0 Å². The minimum atomic E-state index is -0.335. The fourth-order valence-corrected chi connectivity index (χ4v) is 1.04. The van der Waals surface area contributed by atoms with Crippen LogP contribution in [0.15, 0.2) is 6.20 Å².